The lowest BCUT2D eigenvalue weighted by molar-refractivity contribution is -0.139. The number of rotatable bonds is 4. The molecular weight excluding hydrogens is 259 g/mol. The molecule has 1 aromatic rings. The number of benzene rings is 1. The van der Waals surface area contributed by atoms with Crippen LogP contribution < -0.4 is 4.74 Å². The van der Waals surface area contributed by atoms with Crippen LogP contribution in [0.2, 0.25) is 10.0 Å². The Morgan fingerprint density at radius 3 is 2.06 bits per heavy atom. The SMILES string of the molecule is O=C(O)COc1c(Cl)cc(C(=O)O)cc1Cl. The van der Waals surface area contributed by atoms with Gasteiger partial charge in [0.1, 0.15) is 0 Å². The highest BCUT2D eigenvalue weighted by Crippen LogP contribution is 2.34. The van der Waals surface area contributed by atoms with E-state index in [-0.39, 0.29) is 21.4 Å². The van der Waals surface area contributed by atoms with Crippen molar-refractivity contribution in [1.82, 2.24) is 0 Å². The van der Waals surface area contributed by atoms with E-state index in [0.717, 1.165) is 12.1 Å². The van der Waals surface area contributed by atoms with E-state index in [0.29, 0.717) is 0 Å². The molecule has 0 aromatic heterocycles. The first kappa shape index (κ1) is 12.6. The summed E-state index contributed by atoms with van der Waals surface area (Å²) in [7, 11) is 0. The van der Waals surface area contributed by atoms with Gasteiger partial charge in [0.15, 0.2) is 12.4 Å². The molecule has 0 saturated heterocycles. The Morgan fingerprint density at radius 1 is 1.19 bits per heavy atom. The molecule has 16 heavy (non-hydrogen) atoms. The van der Waals surface area contributed by atoms with Crippen LogP contribution in [-0.2, 0) is 4.79 Å². The molecule has 0 bridgehead atoms. The van der Waals surface area contributed by atoms with Crippen molar-refractivity contribution in [3.63, 3.8) is 0 Å². The largest absolute Gasteiger partial charge is 0.479 e. The third-order valence-corrected chi connectivity index (χ3v) is 2.15. The number of aliphatic carboxylic acids is 1. The zero-order valence-electron chi connectivity index (χ0n) is 7.74. The van der Waals surface area contributed by atoms with Gasteiger partial charge < -0.3 is 14.9 Å². The molecule has 0 atom stereocenters. The van der Waals surface area contributed by atoms with Crippen LogP contribution in [0.25, 0.3) is 0 Å². The fourth-order valence-electron chi connectivity index (χ4n) is 0.955. The van der Waals surface area contributed by atoms with Gasteiger partial charge in [-0.1, -0.05) is 23.2 Å². The van der Waals surface area contributed by atoms with Crippen LogP contribution in [0.4, 0.5) is 0 Å². The summed E-state index contributed by atoms with van der Waals surface area (Å²) < 4.78 is 4.81. The van der Waals surface area contributed by atoms with Gasteiger partial charge in [0.25, 0.3) is 0 Å². The Kier molecular flexibility index (Phi) is 3.98. The lowest BCUT2D eigenvalue weighted by Gasteiger charge is -2.08. The van der Waals surface area contributed by atoms with Crippen molar-refractivity contribution in [1.29, 1.82) is 0 Å². The number of carboxylic acid groups (broad SMARTS) is 2. The number of hydrogen-bond acceptors (Lipinski definition) is 3. The van der Waals surface area contributed by atoms with E-state index >= 15 is 0 Å². The van der Waals surface area contributed by atoms with Gasteiger partial charge in [-0.15, -0.1) is 0 Å². The molecule has 0 radical (unpaired) electrons. The van der Waals surface area contributed by atoms with Crippen molar-refractivity contribution >= 4 is 35.1 Å². The monoisotopic (exact) mass is 264 g/mol. The van der Waals surface area contributed by atoms with Crippen molar-refractivity contribution in [2.24, 2.45) is 0 Å². The fourth-order valence-corrected chi connectivity index (χ4v) is 1.55. The zero-order valence-corrected chi connectivity index (χ0v) is 9.25. The second-order valence-electron chi connectivity index (χ2n) is 2.76. The summed E-state index contributed by atoms with van der Waals surface area (Å²) in [5, 5.41) is 17.0. The molecule has 5 nitrogen and oxygen atoms in total. The molecule has 1 aromatic carbocycles. The van der Waals surface area contributed by atoms with Crippen LogP contribution in [0.5, 0.6) is 5.75 Å². The molecule has 2 N–H and O–H groups in total. The minimum Gasteiger partial charge on any atom is -0.479 e. The molecule has 0 unspecified atom stereocenters. The molecule has 0 saturated carbocycles. The van der Waals surface area contributed by atoms with Gasteiger partial charge >= 0.3 is 11.9 Å². The van der Waals surface area contributed by atoms with Gasteiger partial charge in [0.05, 0.1) is 15.6 Å². The first-order chi connectivity index (χ1) is 7.41. The summed E-state index contributed by atoms with van der Waals surface area (Å²) in [5.41, 5.74) is -0.0994. The second-order valence-corrected chi connectivity index (χ2v) is 3.57. The van der Waals surface area contributed by atoms with Crippen LogP contribution in [0.3, 0.4) is 0 Å². The van der Waals surface area contributed by atoms with Crippen LogP contribution >= 0.6 is 23.2 Å². The summed E-state index contributed by atoms with van der Waals surface area (Å²) >= 11 is 11.4. The Labute approximate surface area is 100 Å². The number of carbonyl (C=O) groups is 2. The molecule has 0 aliphatic heterocycles. The van der Waals surface area contributed by atoms with E-state index in [4.69, 9.17) is 38.2 Å². The maximum absolute atomic E-state index is 10.6. The molecule has 86 valence electrons. The molecular formula is C9H6Cl2O5. The Bertz CT molecular complexity index is 421. The van der Waals surface area contributed by atoms with Gasteiger partial charge in [-0.3, -0.25) is 0 Å². The van der Waals surface area contributed by atoms with Gasteiger partial charge in [0, 0.05) is 0 Å². The summed E-state index contributed by atoms with van der Waals surface area (Å²) in [6.07, 6.45) is 0. The van der Waals surface area contributed by atoms with E-state index < -0.39 is 18.5 Å². The average Bonchev–Trinajstić information content (AvgIpc) is 2.15. The third-order valence-electron chi connectivity index (χ3n) is 1.59. The number of hydrogen-bond donors (Lipinski definition) is 2. The van der Waals surface area contributed by atoms with Gasteiger partial charge in [-0.05, 0) is 12.1 Å². The molecule has 0 amide bonds. The van der Waals surface area contributed by atoms with E-state index in [1.165, 1.54) is 0 Å². The van der Waals surface area contributed by atoms with Crippen molar-refractivity contribution in [2.45, 2.75) is 0 Å². The average molecular weight is 265 g/mol. The highest BCUT2D eigenvalue weighted by atomic mass is 35.5. The van der Waals surface area contributed by atoms with Gasteiger partial charge in [-0.2, -0.15) is 0 Å². The fraction of sp³-hybridized carbons (Fsp3) is 0.111. The minimum atomic E-state index is -1.19. The summed E-state index contributed by atoms with van der Waals surface area (Å²) in [6, 6.07) is 2.26. The number of halogens is 2. The van der Waals surface area contributed by atoms with Gasteiger partial charge in [-0.25, -0.2) is 9.59 Å². The van der Waals surface area contributed by atoms with Crippen LogP contribution in [0.15, 0.2) is 12.1 Å². The highest BCUT2D eigenvalue weighted by molar-refractivity contribution is 6.37. The van der Waals surface area contributed by atoms with Crippen molar-refractivity contribution in [3.8, 4) is 5.75 Å². The lowest BCUT2D eigenvalue weighted by Crippen LogP contribution is -2.10. The highest BCUT2D eigenvalue weighted by Gasteiger charge is 2.14. The first-order valence-electron chi connectivity index (χ1n) is 3.98. The summed E-state index contributed by atoms with van der Waals surface area (Å²) in [6.45, 7) is -0.605. The maximum atomic E-state index is 10.6. The number of aromatic carboxylic acids is 1. The standard InChI is InChI=1S/C9H6Cl2O5/c10-5-1-4(9(14)15)2-6(11)8(5)16-3-7(12)13/h1-2H,3H2,(H,12,13)(H,14,15). The van der Waals surface area contributed by atoms with E-state index in [1.54, 1.807) is 0 Å². The lowest BCUT2D eigenvalue weighted by atomic mass is 10.2. The number of carboxylic acids is 2. The molecule has 0 fully saturated rings. The number of ether oxygens (including phenoxy) is 1. The van der Waals surface area contributed by atoms with Crippen LogP contribution in [-0.4, -0.2) is 28.8 Å². The van der Waals surface area contributed by atoms with Crippen molar-refractivity contribution in [2.75, 3.05) is 6.61 Å². The molecule has 0 aliphatic carbocycles. The Balaban J connectivity index is 3.03. The molecule has 7 heteroatoms. The smallest absolute Gasteiger partial charge is 0.341 e. The predicted molar refractivity (Wildman–Crippen MR) is 56.6 cm³/mol. The third kappa shape index (κ3) is 3.01. The molecule has 0 aliphatic rings. The van der Waals surface area contributed by atoms with Crippen LogP contribution in [0.1, 0.15) is 10.4 Å². The van der Waals surface area contributed by atoms with E-state index in [9.17, 15) is 9.59 Å². The normalized spacial score (nSPS) is 9.88. The summed E-state index contributed by atoms with van der Waals surface area (Å²) in [5.74, 6) is -2.42. The second kappa shape index (κ2) is 5.05. The minimum absolute atomic E-state index is 0.0456. The van der Waals surface area contributed by atoms with Crippen LogP contribution in [0, 0.1) is 0 Å². The van der Waals surface area contributed by atoms with E-state index in [2.05, 4.69) is 0 Å². The van der Waals surface area contributed by atoms with Crippen molar-refractivity contribution in [3.05, 3.63) is 27.7 Å². The quantitative estimate of drug-likeness (QED) is 0.871. The zero-order chi connectivity index (χ0) is 12.3. The molecule has 0 heterocycles. The first-order valence-corrected chi connectivity index (χ1v) is 4.74. The molecule has 0 spiro atoms. The Morgan fingerprint density at radius 2 is 1.69 bits per heavy atom. The maximum Gasteiger partial charge on any atom is 0.341 e. The summed E-state index contributed by atoms with van der Waals surface area (Å²) in [4.78, 5) is 20.9. The topological polar surface area (TPSA) is 83.8 Å². The Hall–Kier alpha value is -1.46. The van der Waals surface area contributed by atoms with Gasteiger partial charge in [0.2, 0.25) is 0 Å². The predicted octanol–water partition coefficient (Wildman–Crippen LogP) is 2.16. The van der Waals surface area contributed by atoms with Crippen molar-refractivity contribution < 1.29 is 24.5 Å². The molecule has 1 rings (SSSR count). The van der Waals surface area contributed by atoms with E-state index in [1.807, 2.05) is 0 Å².